The minimum Gasteiger partial charge on any atom is -0.444 e. The Kier molecular flexibility index (Phi) is 7.42. The Morgan fingerprint density at radius 1 is 1.31 bits per heavy atom. The first-order chi connectivity index (χ1) is 14.5. The number of nitrogens with zero attached hydrogens (tertiary/aromatic N) is 3. The number of pyridine rings is 1. The molecule has 180 valence electrons. The highest BCUT2D eigenvalue weighted by Crippen LogP contribution is 2.40. The largest absolute Gasteiger partial charge is 0.444 e. The second-order valence-electron chi connectivity index (χ2n) is 10.6. The summed E-state index contributed by atoms with van der Waals surface area (Å²) in [5.41, 5.74) is -2.83. The Bertz CT molecular complexity index is 935. The second-order valence-corrected chi connectivity index (χ2v) is 11.0. The van der Waals surface area contributed by atoms with Crippen LogP contribution < -0.4 is 5.56 Å². The Morgan fingerprint density at radius 2 is 1.91 bits per heavy atom. The lowest BCUT2D eigenvalue weighted by Gasteiger charge is -2.50. The van der Waals surface area contributed by atoms with Gasteiger partial charge in [0, 0.05) is 43.9 Å². The Balaban J connectivity index is 2.30. The molecule has 8 nitrogen and oxygen atoms in total. The van der Waals surface area contributed by atoms with E-state index >= 15 is 0 Å². The summed E-state index contributed by atoms with van der Waals surface area (Å²) in [7, 11) is 1.67. The highest BCUT2D eigenvalue weighted by Gasteiger charge is 2.49. The van der Waals surface area contributed by atoms with E-state index in [-0.39, 0.29) is 42.0 Å². The maximum absolute atomic E-state index is 12.8. The van der Waals surface area contributed by atoms with E-state index in [0.29, 0.717) is 6.54 Å². The van der Waals surface area contributed by atoms with Gasteiger partial charge in [0.05, 0.1) is 22.7 Å². The van der Waals surface area contributed by atoms with Gasteiger partial charge < -0.3 is 24.2 Å². The van der Waals surface area contributed by atoms with Gasteiger partial charge in [0.2, 0.25) is 0 Å². The molecule has 2 heterocycles. The quantitative estimate of drug-likeness (QED) is 0.729. The summed E-state index contributed by atoms with van der Waals surface area (Å²) in [4.78, 5) is 41.1. The van der Waals surface area contributed by atoms with Gasteiger partial charge in [-0.15, -0.1) is 0 Å². The fourth-order valence-electron chi connectivity index (χ4n) is 3.67. The number of halogens is 1. The summed E-state index contributed by atoms with van der Waals surface area (Å²) in [5.74, 6) is -0.301. The molecule has 0 saturated carbocycles. The molecule has 2 amide bonds. The van der Waals surface area contributed by atoms with Crippen molar-refractivity contribution in [3.8, 4) is 0 Å². The van der Waals surface area contributed by atoms with E-state index < -0.39 is 28.3 Å². The maximum atomic E-state index is 12.8. The molecule has 1 aliphatic heterocycles. The summed E-state index contributed by atoms with van der Waals surface area (Å²) in [6.45, 7) is 13.4. The van der Waals surface area contributed by atoms with Gasteiger partial charge >= 0.3 is 6.09 Å². The van der Waals surface area contributed by atoms with E-state index in [2.05, 4.69) is 0 Å². The zero-order chi connectivity index (χ0) is 24.6. The van der Waals surface area contributed by atoms with Gasteiger partial charge in [0.25, 0.3) is 11.5 Å². The van der Waals surface area contributed by atoms with Gasteiger partial charge in [-0.25, -0.2) is 4.79 Å². The minimum absolute atomic E-state index is 0.0240. The molecule has 1 aliphatic rings. The monoisotopic (exact) mass is 469 g/mol. The molecule has 0 aliphatic carbocycles. The molecule has 0 aromatic carbocycles. The van der Waals surface area contributed by atoms with Crippen molar-refractivity contribution in [2.24, 2.45) is 5.41 Å². The van der Waals surface area contributed by atoms with Crippen LogP contribution >= 0.6 is 11.6 Å². The fraction of sp³-hybridized carbons (Fsp3) is 0.696. The number of piperidine rings is 1. The number of likely N-dealkylation sites (tertiary alicyclic amines) is 1. The van der Waals surface area contributed by atoms with Crippen LogP contribution in [0.2, 0.25) is 5.02 Å². The van der Waals surface area contributed by atoms with Crippen LogP contribution in [-0.4, -0.2) is 68.9 Å². The van der Waals surface area contributed by atoms with Crippen molar-refractivity contribution in [2.75, 3.05) is 20.1 Å². The highest BCUT2D eigenvalue weighted by molar-refractivity contribution is 6.33. The lowest BCUT2D eigenvalue weighted by Crippen LogP contribution is -2.61. The molecule has 1 aromatic rings. The summed E-state index contributed by atoms with van der Waals surface area (Å²) in [5, 5.41) is 11.6. The van der Waals surface area contributed by atoms with Gasteiger partial charge in [-0.3, -0.25) is 9.59 Å². The zero-order valence-corrected chi connectivity index (χ0v) is 21.1. The van der Waals surface area contributed by atoms with Gasteiger partial charge in [-0.05, 0) is 41.0 Å². The van der Waals surface area contributed by atoms with Crippen molar-refractivity contribution in [3.63, 3.8) is 0 Å². The second kappa shape index (κ2) is 9.06. The molecule has 1 atom stereocenters. The van der Waals surface area contributed by atoms with Crippen LogP contribution in [0.25, 0.3) is 0 Å². The lowest BCUT2D eigenvalue weighted by atomic mass is 9.70. The first-order valence-corrected chi connectivity index (χ1v) is 11.2. The van der Waals surface area contributed by atoms with Gasteiger partial charge in [0.15, 0.2) is 0 Å². The molecule has 1 aromatic heterocycles. The van der Waals surface area contributed by atoms with E-state index in [1.165, 1.54) is 21.7 Å². The summed E-state index contributed by atoms with van der Waals surface area (Å²) in [6.07, 6.45) is 1.24. The van der Waals surface area contributed by atoms with Gasteiger partial charge in [-0.1, -0.05) is 25.4 Å². The maximum Gasteiger partial charge on any atom is 0.410 e. The number of rotatable bonds is 4. The number of carbonyl (C=O) groups is 2. The molecule has 9 heteroatoms. The number of ether oxygens (including phenoxy) is 1. The topological polar surface area (TPSA) is 92.1 Å². The smallest absolute Gasteiger partial charge is 0.410 e. The van der Waals surface area contributed by atoms with Crippen molar-refractivity contribution in [3.05, 3.63) is 33.2 Å². The summed E-state index contributed by atoms with van der Waals surface area (Å²) >= 11 is 6.20. The number of aromatic nitrogens is 1. The van der Waals surface area contributed by atoms with E-state index in [9.17, 15) is 19.5 Å². The molecule has 1 saturated heterocycles. The van der Waals surface area contributed by atoms with Gasteiger partial charge in [0.1, 0.15) is 5.60 Å². The van der Waals surface area contributed by atoms with Gasteiger partial charge in [-0.2, -0.15) is 0 Å². The predicted molar refractivity (Wildman–Crippen MR) is 124 cm³/mol. The van der Waals surface area contributed by atoms with E-state index in [1.807, 2.05) is 27.7 Å². The van der Waals surface area contributed by atoms with E-state index in [1.54, 1.807) is 32.7 Å². The van der Waals surface area contributed by atoms with Crippen LogP contribution in [0.3, 0.4) is 0 Å². The summed E-state index contributed by atoms with van der Waals surface area (Å²) < 4.78 is 6.80. The molecular formula is C23H36ClN3O5. The first-order valence-electron chi connectivity index (χ1n) is 10.8. The number of hydrogen-bond acceptors (Lipinski definition) is 5. The average Bonchev–Trinajstić information content (AvgIpc) is 2.63. The molecule has 0 bridgehead atoms. The SMILES string of the molecule is CC(C)N(C)C(=O)c1cn(C[C@@]2(O)CCN(C(=O)OC(C)(C)C)CC2(C)C)c(=O)cc1Cl. The van der Waals surface area contributed by atoms with Crippen LogP contribution in [0.5, 0.6) is 0 Å². The number of amides is 2. The zero-order valence-electron chi connectivity index (χ0n) is 20.4. The Morgan fingerprint density at radius 3 is 2.41 bits per heavy atom. The molecule has 1 N–H and O–H groups in total. The molecule has 1 fully saturated rings. The van der Waals surface area contributed by atoms with Crippen LogP contribution in [0.1, 0.15) is 65.2 Å². The molecule has 0 unspecified atom stereocenters. The van der Waals surface area contributed by atoms with Crippen molar-refractivity contribution in [2.45, 2.75) is 78.7 Å². The van der Waals surface area contributed by atoms with E-state index in [0.717, 1.165) is 0 Å². The standard InChI is InChI=1S/C23H36ClN3O5/c1-15(2)25(8)19(29)16-12-27(18(28)11-17(16)24)14-23(31)9-10-26(13-22(23,6)7)20(30)32-21(3,4)5/h11-12,15,31H,9-10,13-14H2,1-8H3/t23-/m0/s1. The van der Waals surface area contributed by atoms with Crippen LogP contribution in [-0.2, 0) is 11.3 Å². The lowest BCUT2D eigenvalue weighted by molar-refractivity contribution is -0.126. The highest BCUT2D eigenvalue weighted by atomic mass is 35.5. The fourth-order valence-corrected chi connectivity index (χ4v) is 3.90. The normalized spacial score (nSPS) is 20.9. The first kappa shape index (κ1) is 26.2. The van der Waals surface area contributed by atoms with Crippen molar-refractivity contribution in [1.82, 2.24) is 14.4 Å². The Hall–Kier alpha value is -2.06. The van der Waals surface area contributed by atoms with Crippen molar-refractivity contribution in [1.29, 1.82) is 0 Å². The molecule has 0 radical (unpaired) electrons. The molecular weight excluding hydrogens is 434 g/mol. The number of hydrogen-bond donors (Lipinski definition) is 1. The third kappa shape index (κ3) is 5.64. The Labute approximate surface area is 195 Å². The van der Waals surface area contributed by atoms with Crippen molar-refractivity contribution < 1.29 is 19.4 Å². The summed E-state index contributed by atoms with van der Waals surface area (Å²) in [6, 6.07) is 1.16. The number of aliphatic hydroxyl groups is 1. The molecule has 32 heavy (non-hydrogen) atoms. The third-order valence-corrected chi connectivity index (χ3v) is 6.44. The molecule has 2 rings (SSSR count). The van der Waals surface area contributed by atoms with Crippen LogP contribution in [0, 0.1) is 5.41 Å². The van der Waals surface area contributed by atoms with E-state index in [4.69, 9.17) is 16.3 Å². The predicted octanol–water partition coefficient (Wildman–Crippen LogP) is 3.38. The average molecular weight is 470 g/mol. The van der Waals surface area contributed by atoms with Crippen LogP contribution in [0.4, 0.5) is 4.79 Å². The molecule has 0 spiro atoms. The number of carbonyl (C=O) groups excluding carboxylic acids is 2. The minimum atomic E-state index is -1.28. The van der Waals surface area contributed by atoms with Crippen LogP contribution in [0.15, 0.2) is 17.1 Å². The third-order valence-electron chi connectivity index (χ3n) is 6.13. The van der Waals surface area contributed by atoms with Crippen molar-refractivity contribution >= 4 is 23.6 Å².